The molecule has 0 aromatic carbocycles. The quantitative estimate of drug-likeness (QED) is 0.319. The zero-order valence-corrected chi connectivity index (χ0v) is 14.3. The number of hydrogen-bond donors (Lipinski definition) is 1. The maximum atomic E-state index is 10.7. The highest BCUT2D eigenvalue weighted by molar-refractivity contribution is 6.17. The van der Waals surface area contributed by atoms with Gasteiger partial charge in [0.15, 0.2) is 0 Å². The van der Waals surface area contributed by atoms with Gasteiger partial charge in [0, 0.05) is 18.7 Å². The van der Waals surface area contributed by atoms with Gasteiger partial charge in [0.25, 0.3) is 0 Å². The minimum Gasteiger partial charge on any atom is -0.481 e. The standard InChI is InChI=1S/C11H20O4.C5H11Cl/c1-15-11(14)9-7-5-3-2-4-6-8-10(12)13;1-2-3-4-5-6/h2-9H2,1H3,(H,12,13);2-5H2,1H3. The Bertz CT molecular complexity index is 240. The number of aliphatic carboxylic acids is 1. The SMILES string of the molecule is CCCCCCl.COC(=O)CCCCCCCCC(=O)O. The average Bonchev–Trinajstić information content (AvgIpc) is 2.47. The van der Waals surface area contributed by atoms with Crippen molar-refractivity contribution >= 4 is 23.5 Å². The van der Waals surface area contributed by atoms with Crippen molar-refractivity contribution in [3.63, 3.8) is 0 Å². The fourth-order valence-electron chi connectivity index (χ4n) is 1.70. The minimum atomic E-state index is -0.722. The molecular formula is C16H31ClO4. The minimum absolute atomic E-state index is 0.152. The first kappa shape index (κ1) is 22.5. The summed E-state index contributed by atoms with van der Waals surface area (Å²) < 4.78 is 4.52. The maximum absolute atomic E-state index is 10.7. The molecule has 126 valence electrons. The van der Waals surface area contributed by atoms with Gasteiger partial charge in [0.05, 0.1) is 7.11 Å². The van der Waals surface area contributed by atoms with Crippen LogP contribution < -0.4 is 0 Å². The first-order valence-electron chi connectivity index (χ1n) is 7.93. The average molecular weight is 323 g/mol. The van der Waals surface area contributed by atoms with E-state index in [2.05, 4.69) is 11.7 Å². The molecule has 0 saturated heterocycles. The molecule has 0 heterocycles. The van der Waals surface area contributed by atoms with Gasteiger partial charge in [-0.2, -0.15) is 0 Å². The van der Waals surface area contributed by atoms with Crippen molar-refractivity contribution in [3.05, 3.63) is 0 Å². The van der Waals surface area contributed by atoms with Crippen molar-refractivity contribution in [3.8, 4) is 0 Å². The van der Waals surface area contributed by atoms with E-state index in [1.165, 1.54) is 26.4 Å². The second kappa shape index (κ2) is 19.2. The van der Waals surface area contributed by atoms with Gasteiger partial charge in [0.1, 0.15) is 0 Å². The van der Waals surface area contributed by atoms with Crippen LogP contribution >= 0.6 is 11.6 Å². The van der Waals surface area contributed by atoms with E-state index < -0.39 is 5.97 Å². The van der Waals surface area contributed by atoms with Crippen molar-refractivity contribution in [1.82, 2.24) is 0 Å². The number of rotatable bonds is 12. The van der Waals surface area contributed by atoms with Crippen LogP contribution in [-0.2, 0) is 14.3 Å². The lowest BCUT2D eigenvalue weighted by Crippen LogP contribution is -1.99. The number of alkyl halides is 1. The molecule has 0 aliphatic carbocycles. The van der Waals surface area contributed by atoms with Crippen molar-refractivity contribution in [2.75, 3.05) is 13.0 Å². The zero-order chi connectivity index (χ0) is 16.3. The maximum Gasteiger partial charge on any atom is 0.305 e. The van der Waals surface area contributed by atoms with Crippen LogP contribution in [0.2, 0.25) is 0 Å². The number of carbonyl (C=O) groups is 2. The van der Waals surface area contributed by atoms with Crippen molar-refractivity contribution in [2.24, 2.45) is 0 Å². The third kappa shape index (κ3) is 24.6. The van der Waals surface area contributed by atoms with Crippen LogP contribution in [0.15, 0.2) is 0 Å². The van der Waals surface area contributed by atoms with Crippen LogP contribution in [0.3, 0.4) is 0 Å². The Balaban J connectivity index is 0. The molecule has 4 nitrogen and oxygen atoms in total. The lowest BCUT2D eigenvalue weighted by molar-refractivity contribution is -0.141. The predicted molar refractivity (Wildman–Crippen MR) is 86.8 cm³/mol. The Morgan fingerprint density at radius 1 is 0.905 bits per heavy atom. The number of carboxylic acids is 1. The molecule has 0 fully saturated rings. The third-order valence-electron chi connectivity index (χ3n) is 2.99. The zero-order valence-electron chi connectivity index (χ0n) is 13.5. The molecular weight excluding hydrogens is 292 g/mol. The van der Waals surface area contributed by atoms with Gasteiger partial charge >= 0.3 is 11.9 Å². The number of hydrogen-bond acceptors (Lipinski definition) is 3. The van der Waals surface area contributed by atoms with E-state index in [1.807, 2.05) is 0 Å². The fourth-order valence-corrected chi connectivity index (χ4v) is 1.89. The van der Waals surface area contributed by atoms with Crippen LogP contribution in [0.5, 0.6) is 0 Å². The summed E-state index contributed by atoms with van der Waals surface area (Å²) in [4.78, 5) is 20.9. The molecule has 0 aromatic heterocycles. The van der Waals surface area contributed by atoms with Gasteiger partial charge in [-0.25, -0.2) is 0 Å². The monoisotopic (exact) mass is 322 g/mol. The van der Waals surface area contributed by atoms with E-state index in [-0.39, 0.29) is 12.4 Å². The molecule has 0 rings (SSSR count). The van der Waals surface area contributed by atoms with Gasteiger partial charge in [-0.1, -0.05) is 45.4 Å². The Labute approximate surface area is 134 Å². The molecule has 0 aliphatic heterocycles. The van der Waals surface area contributed by atoms with Gasteiger partial charge in [-0.3, -0.25) is 9.59 Å². The van der Waals surface area contributed by atoms with Crippen LogP contribution in [0, 0.1) is 0 Å². The van der Waals surface area contributed by atoms with Crippen LogP contribution in [-0.4, -0.2) is 30.0 Å². The van der Waals surface area contributed by atoms with E-state index in [9.17, 15) is 9.59 Å². The highest BCUT2D eigenvalue weighted by Crippen LogP contribution is 2.08. The molecule has 0 radical (unpaired) electrons. The van der Waals surface area contributed by atoms with E-state index in [1.54, 1.807) is 0 Å². The number of esters is 1. The fraction of sp³-hybridized carbons (Fsp3) is 0.875. The molecule has 0 bridgehead atoms. The summed E-state index contributed by atoms with van der Waals surface area (Å²) in [6, 6.07) is 0. The summed E-state index contributed by atoms with van der Waals surface area (Å²) in [6.07, 6.45) is 10.2. The Morgan fingerprint density at radius 3 is 1.81 bits per heavy atom. The molecule has 0 unspecified atom stereocenters. The highest BCUT2D eigenvalue weighted by Gasteiger charge is 1.99. The summed E-state index contributed by atoms with van der Waals surface area (Å²) in [6.45, 7) is 2.17. The largest absolute Gasteiger partial charge is 0.481 e. The van der Waals surface area contributed by atoms with E-state index in [0.717, 1.165) is 44.4 Å². The number of carboxylic acid groups (broad SMARTS) is 1. The second-order valence-electron chi connectivity index (χ2n) is 4.99. The van der Waals surface area contributed by atoms with Crippen molar-refractivity contribution in [2.45, 2.75) is 77.6 Å². The summed E-state index contributed by atoms with van der Waals surface area (Å²) in [7, 11) is 1.40. The molecule has 0 aromatic rings. The van der Waals surface area contributed by atoms with Crippen LogP contribution in [0.25, 0.3) is 0 Å². The molecule has 21 heavy (non-hydrogen) atoms. The summed E-state index contributed by atoms with van der Waals surface area (Å²) in [5, 5.41) is 8.39. The Kier molecular flexibility index (Phi) is 20.6. The number of carbonyl (C=O) groups excluding carboxylic acids is 1. The first-order chi connectivity index (χ1) is 10.1. The summed E-state index contributed by atoms with van der Waals surface area (Å²) >= 11 is 5.38. The van der Waals surface area contributed by atoms with E-state index in [4.69, 9.17) is 16.7 Å². The van der Waals surface area contributed by atoms with Crippen LogP contribution in [0.4, 0.5) is 0 Å². The number of methoxy groups -OCH3 is 1. The summed E-state index contributed by atoms with van der Waals surface area (Å²) in [5.41, 5.74) is 0. The molecule has 1 N–H and O–H groups in total. The smallest absolute Gasteiger partial charge is 0.305 e. The molecule has 0 amide bonds. The van der Waals surface area contributed by atoms with Gasteiger partial charge in [-0.15, -0.1) is 11.6 Å². The molecule has 0 atom stereocenters. The van der Waals surface area contributed by atoms with Gasteiger partial charge in [0.2, 0.25) is 0 Å². The topological polar surface area (TPSA) is 63.6 Å². The normalized spacial score (nSPS) is 9.67. The second-order valence-corrected chi connectivity index (χ2v) is 5.37. The van der Waals surface area contributed by atoms with Crippen molar-refractivity contribution < 1.29 is 19.4 Å². The number of halogens is 1. The van der Waals surface area contributed by atoms with Gasteiger partial charge < -0.3 is 9.84 Å². The highest BCUT2D eigenvalue weighted by atomic mass is 35.5. The molecule has 0 saturated carbocycles. The number of ether oxygens (including phenoxy) is 1. The first-order valence-corrected chi connectivity index (χ1v) is 8.46. The van der Waals surface area contributed by atoms with Crippen LogP contribution in [0.1, 0.15) is 77.6 Å². The number of unbranched alkanes of at least 4 members (excludes halogenated alkanes) is 7. The Hall–Kier alpha value is -0.770. The van der Waals surface area contributed by atoms with E-state index >= 15 is 0 Å². The molecule has 0 spiro atoms. The summed E-state index contributed by atoms with van der Waals surface area (Å²) in [5.74, 6) is -0.0463. The third-order valence-corrected chi connectivity index (χ3v) is 3.25. The molecule has 5 heteroatoms. The lowest BCUT2D eigenvalue weighted by atomic mass is 10.1. The van der Waals surface area contributed by atoms with Crippen molar-refractivity contribution in [1.29, 1.82) is 0 Å². The lowest BCUT2D eigenvalue weighted by Gasteiger charge is -2.00. The molecule has 0 aliphatic rings. The van der Waals surface area contributed by atoms with E-state index in [0.29, 0.717) is 6.42 Å². The predicted octanol–water partition coefficient (Wildman–Crippen LogP) is 4.78. The van der Waals surface area contributed by atoms with Gasteiger partial charge in [-0.05, 0) is 19.3 Å². The Morgan fingerprint density at radius 2 is 1.43 bits per heavy atom.